The molecule has 2 rings (SSSR count). The van der Waals surface area contributed by atoms with E-state index in [-0.39, 0.29) is 0 Å². The Labute approximate surface area is 120 Å². The quantitative estimate of drug-likeness (QED) is 0.920. The summed E-state index contributed by atoms with van der Waals surface area (Å²) in [6, 6.07) is 2.07. The van der Waals surface area contributed by atoms with Crippen molar-refractivity contribution in [2.45, 2.75) is 26.2 Å². The molecule has 0 atom stereocenters. The van der Waals surface area contributed by atoms with E-state index in [1.54, 1.807) is 14.2 Å². The van der Waals surface area contributed by atoms with Crippen LogP contribution in [0.1, 0.15) is 24.0 Å². The van der Waals surface area contributed by atoms with Crippen molar-refractivity contribution < 1.29 is 9.47 Å². The number of nitrogens with one attached hydrogen (secondary N) is 1. The zero-order valence-corrected chi connectivity index (χ0v) is 12.6. The number of benzene rings is 1. The molecule has 1 N–H and O–H groups in total. The maximum Gasteiger partial charge on any atom is 0.141 e. The molecule has 1 aliphatic heterocycles. The number of piperidine rings is 1. The summed E-state index contributed by atoms with van der Waals surface area (Å²) in [5.74, 6) is 2.34. The normalized spacial score (nSPS) is 16.4. The van der Waals surface area contributed by atoms with Gasteiger partial charge >= 0.3 is 0 Å². The Morgan fingerprint density at radius 1 is 1.26 bits per heavy atom. The average molecular weight is 284 g/mol. The fourth-order valence-corrected chi connectivity index (χ4v) is 3.02. The summed E-state index contributed by atoms with van der Waals surface area (Å²) in [7, 11) is 3.36. The van der Waals surface area contributed by atoms with E-state index in [0.29, 0.717) is 10.9 Å². The van der Waals surface area contributed by atoms with E-state index < -0.39 is 0 Å². The number of rotatable bonds is 4. The molecule has 1 aromatic rings. The SMILES string of the molecule is COc1cc(CC2CCNCC2)c(OC)c(Cl)c1C. The average Bonchev–Trinajstić information content (AvgIpc) is 2.44. The third-order valence-corrected chi connectivity index (χ3v) is 4.34. The van der Waals surface area contributed by atoms with Crippen LogP contribution < -0.4 is 14.8 Å². The van der Waals surface area contributed by atoms with Crippen molar-refractivity contribution in [3.05, 3.63) is 22.2 Å². The highest BCUT2D eigenvalue weighted by Crippen LogP contribution is 2.39. The van der Waals surface area contributed by atoms with Crippen LogP contribution in [0.3, 0.4) is 0 Å². The van der Waals surface area contributed by atoms with Gasteiger partial charge in [-0.05, 0) is 56.8 Å². The molecule has 4 heteroatoms. The minimum atomic E-state index is 0.672. The first-order valence-corrected chi connectivity index (χ1v) is 7.15. The Balaban J connectivity index is 2.29. The minimum absolute atomic E-state index is 0.672. The second kappa shape index (κ2) is 6.49. The summed E-state index contributed by atoms with van der Waals surface area (Å²) in [4.78, 5) is 0. The highest BCUT2D eigenvalue weighted by atomic mass is 35.5. The molecule has 1 aliphatic rings. The molecule has 0 bridgehead atoms. The first-order valence-electron chi connectivity index (χ1n) is 6.78. The second-order valence-electron chi connectivity index (χ2n) is 5.11. The first-order chi connectivity index (χ1) is 9.17. The van der Waals surface area contributed by atoms with Gasteiger partial charge in [0.25, 0.3) is 0 Å². The Bertz CT molecular complexity index is 442. The molecule has 0 radical (unpaired) electrons. The number of methoxy groups -OCH3 is 2. The Kier molecular flexibility index (Phi) is 4.94. The van der Waals surface area contributed by atoms with Gasteiger partial charge in [-0.2, -0.15) is 0 Å². The van der Waals surface area contributed by atoms with Gasteiger partial charge in [0.05, 0.1) is 19.2 Å². The number of hydrogen-bond acceptors (Lipinski definition) is 3. The van der Waals surface area contributed by atoms with Crippen LogP contribution in [0.5, 0.6) is 11.5 Å². The minimum Gasteiger partial charge on any atom is -0.496 e. The smallest absolute Gasteiger partial charge is 0.141 e. The monoisotopic (exact) mass is 283 g/mol. The first kappa shape index (κ1) is 14.5. The zero-order chi connectivity index (χ0) is 13.8. The Morgan fingerprint density at radius 2 is 1.95 bits per heavy atom. The molecular formula is C15H22ClNO2. The number of ether oxygens (including phenoxy) is 2. The van der Waals surface area contributed by atoms with Crippen LogP contribution in [0.4, 0.5) is 0 Å². The van der Waals surface area contributed by atoms with Gasteiger partial charge in [-0.3, -0.25) is 0 Å². The standard InChI is InChI=1S/C15H22ClNO2/c1-10-13(18-2)9-12(15(19-3)14(10)16)8-11-4-6-17-7-5-11/h9,11,17H,4-8H2,1-3H3. The summed E-state index contributed by atoms with van der Waals surface area (Å²) in [5, 5.41) is 4.06. The van der Waals surface area contributed by atoms with Gasteiger partial charge in [0, 0.05) is 5.56 Å². The van der Waals surface area contributed by atoms with Crippen molar-refractivity contribution in [1.82, 2.24) is 5.32 Å². The fourth-order valence-electron chi connectivity index (χ4n) is 2.73. The number of halogens is 1. The molecule has 1 saturated heterocycles. The lowest BCUT2D eigenvalue weighted by molar-refractivity contribution is 0.358. The van der Waals surface area contributed by atoms with Crippen molar-refractivity contribution >= 4 is 11.6 Å². The molecule has 19 heavy (non-hydrogen) atoms. The van der Waals surface area contributed by atoms with Gasteiger partial charge < -0.3 is 14.8 Å². The van der Waals surface area contributed by atoms with Crippen molar-refractivity contribution in [2.24, 2.45) is 5.92 Å². The Hall–Kier alpha value is -0.930. The van der Waals surface area contributed by atoms with Crippen LogP contribution in [-0.4, -0.2) is 27.3 Å². The van der Waals surface area contributed by atoms with E-state index in [9.17, 15) is 0 Å². The molecule has 3 nitrogen and oxygen atoms in total. The van der Waals surface area contributed by atoms with E-state index in [2.05, 4.69) is 11.4 Å². The highest BCUT2D eigenvalue weighted by Gasteiger charge is 2.20. The summed E-state index contributed by atoms with van der Waals surface area (Å²) in [6.07, 6.45) is 3.41. The highest BCUT2D eigenvalue weighted by molar-refractivity contribution is 6.33. The molecule has 1 heterocycles. The lowest BCUT2D eigenvalue weighted by atomic mass is 9.90. The summed E-state index contributed by atoms with van der Waals surface area (Å²) in [6.45, 7) is 4.16. The molecule has 0 aliphatic carbocycles. The largest absolute Gasteiger partial charge is 0.496 e. The van der Waals surface area contributed by atoms with Crippen molar-refractivity contribution in [2.75, 3.05) is 27.3 Å². The third kappa shape index (κ3) is 3.15. The van der Waals surface area contributed by atoms with Crippen molar-refractivity contribution in [3.8, 4) is 11.5 Å². The van der Waals surface area contributed by atoms with Gasteiger partial charge in [-0.25, -0.2) is 0 Å². The summed E-state index contributed by atoms with van der Waals surface area (Å²) < 4.78 is 10.9. The van der Waals surface area contributed by atoms with Crippen LogP contribution in [0, 0.1) is 12.8 Å². The lowest BCUT2D eigenvalue weighted by Gasteiger charge is -2.24. The topological polar surface area (TPSA) is 30.5 Å². The van der Waals surface area contributed by atoms with Crippen LogP contribution in [-0.2, 0) is 6.42 Å². The predicted octanol–water partition coefficient (Wildman–Crippen LogP) is 3.21. The third-order valence-electron chi connectivity index (χ3n) is 3.89. The second-order valence-corrected chi connectivity index (χ2v) is 5.49. The van der Waals surface area contributed by atoms with Crippen LogP contribution in [0.2, 0.25) is 5.02 Å². The van der Waals surface area contributed by atoms with Gasteiger partial charge in [0.2, 0.25) is 0 Å². The van der Waals surface area contributed by atoms with E-state index in [1.807, 2.05) is 6.92 Å². The molecule has 0 aromatic heterocycles. The van der Waals surface area contributed by atoms with Crippen LogP contribution >= 0.6 is 11.6 Å². The molecule has 0 amide bonds. The summed E-state index contributed by atoms with van der Waals surface area (Å²) >= 11 is 6.38. The maximum absolute atomic E-state index is 6.38. The molecule has 1 aromatic carbocycles. The summed E-state index contributed by atoms with van der Waals surface area (Å²) in [5.41, 5.74) is 2.09. The molecule has 0 saturated carbocycles. The van der Waals surface area contributed by atoms with E-state index >= 15 is 0 Å². The maximum atomic E-state index is 6.38. The van der Waals surface area contributed by atoms with Crippen LogP contribution in [0.15, 0.2) is 6.07 Å². The van der Waals surface area contributed by atoms with Crippen molar-refractivity contribution in [3.63, 3.8) is 0 Å². The molecular weight excluding hydrogens is 262 g/mol. The molecule has 0 unspecified atom stereocenters. The fraction of sp³-hybridized carbons (Fsp3) is 0.600. The molecule has 106 valence electrons. The van der Waals surface area contributed by atoms with Gasteiger partial charge in [-0.15, -0.1) is 0 Å². The number of hydrogen-bond donors (Lipinski definition) is 1. The lowest BCUT2D eigenvalue weighted by Crippen LogP contribution is -2.28. The zero-order valence-electron chi connectivity index (χ0n) is 11.9. The molecule has 0 spiro atoms. The van der Waals surface area contributed by atoms with Crippen LogP contribution in [0.25, 0.3) is 0 Å². The van der Waals surface area contributed by atoms with E-state index in [4.69, 9.17) is 21.1 Å². The van der Waals surface area contributed by atoms with Gasteiger partial charge in [-0.1, -0.05) is 11.6 Å². The Morgan fingerprint density at radius 3 is 2.53 bits per heavy atom. The van der Waals surface area contributed by atoms with E-state index in [1.165, 1.54) is 12.8 Å². The van der Waals surface area contributed by atoms with E-state index in [0.717, 1.165) is 42.1 Å². The predicted molar refractivity (Wildman–Crippen MR) is 78.6 cm³/mol. The molecule has 1 fully saturated rings. The van der Waals surface area contributed by atoms with Gasteiger partial charge in [0.15, 0.2) is 0 Å². The van der Waals surface area contributed by atoms with Crippen molar-refractivity contribution in [1.29, 1.82) is 0 Å². The van der Waals surface area contributed by atoms with Gasteiger partial charge in [0.1, 0.15) is 11.5 Å².